The topological polar surface area (TPSA) is 43.8 Å². The largest absolute Gasteiger partial charge is 0.435 e. The predicted molar refractivity (Wildman–Crippen MR) is 45.7 cm³/mol. The molecule has 0 amide bonds. The molecule has 0 bridgehead atoms. The van der Waals surface area contributed by atoms with E-state index in [-0.39, 0.29) is 18.0 Å². The number of hydrogen-bond donors (Lipinski definition) is 1. The number of aryl methyl sites for hydroxylation is 1. The van der Waals surface area contributed by atoms with Crippen LogP contribution in [0.2, 0.25) is 0 Å². The summed E-state index contributed by atoms with van der Waals surface area (Å²) in [6, 6.07) is 0. The molecule has 14 heavy (non-hydrogen) atoms. The molecular weight excluding hydrogens is 195 g/mol. The summed E-state index contributed by atoms with van der Waals surface area (Å²) in [4.78, 5) is 0. The van der Waals surface area contributed by atoms with Crippen molar-refractivity contribution in [3.05, 3.63) is 17.5 Å². The highest BCUT2D eigenvalue weighted by Crippen LogP contribution is 2.33. The first kappa shape index (κ1) is 11.0. The second-order valence-corrected chi connectivity index (χ2v) is 3.24. The molecule has 0 radical (unpaired) electrons. The van der Waals surface area contributed by atoms with E-state index in [0.717, 1.165) is 4.68 Å². The minimum Gasteiger partial charge on any atom is -0.330 e. The van der Waals surface area contributed by atoms with Gasteiger partial charge in [0.05, 0.1) is 0 Å². The van der Waals surface area contributed by atoms with Crippen LogP contribution < -0.4 is 5.73 Å². The molecule has 1 atom stereocenters. The maximum Gasteiger partial charge on any atom is 0.435 e. The van der Waals surface area contributed by atoms with Crippen molar-refractivity contribution in [2.24, 2.45) is 12.8 Å². The van der Waals surface area contributed by atoms with E-state index in [9.17, 15) is 13.2 Å². The third-order valence-corrected chi connectivity index (χ3v) is 2.01. The molecule has 6 heteroatoms. The van der Waals surface area contributed by atoms with Crippen LogP contribution in [0.15, 0.2) is 6.20 Å². The maximum absolute atomic E-state index is 12.4. The fourth-order valence-corrected chi connectivity index (χ4v) is 1.21. The second kappa shape index (κ2) is 3.61. The molecular formula is C8H12F3N3. The standard InChI is InChI=1S/C8H12F3N3/c1-5(3-12)6-4-14(2)13-7(6)8(9,10)11/h4-5H,3,12H2,1-2H3. The van der Waals surface area contributed by atoms with Crippen LogP contribution in [0.4, 0.5) is 13.2 Å². The smallest absolute Gasteiger partial charge is 0.330 e. The van der Waals surface area contributed by atoms with E-state index < -0.39 is 11.9 Å². The Morgan fingerprint density at radius 3 is 2.57 bits per heavy atom. The summed E-state index contributed by atoms with van der Waals surface area (Å²) in [6.07, 6.45) is -3.04. The van der Waals surface area contributed by atoms with Gasteiger partial charge in [0, 0.05) is 18.8 Å². The average molecular weight is 207 g/mol. The van der Waals surface area contributed by atoms with Gasteiger partial charge in [0.25, 0.3) is 0 Å². The Hall–Kier alpha value is -1.04. The number of nitrogens with zero attached hydrogens (tertiary/aromatic N) is 2. The van der Waals surface area contributed by atoms with Crippen molar-refractivity contribution in [3.63, 3.8) is 0 Å². The Bertz CT molecular complexity index is 316. The van der Waals surface area contributed by atoms with Crippen molar-refractivity contribution in [2.45, 2.75) is 19.0 Å². The Balaban J connectivity index is 3.16. The summed E-state index contributed by atoms with van der Waals surface area (Å²) < 4.78 is 38.5. The number of halogens is 3. The molecule has 0 saturated carbocycles. The molecule has 0 aliphatic rings. The number of rotatable bonds is 2. The average Bonchev–Trinajstić information content (AvgIpc) is 2.45. The van der Waals surface area contributed by atoms with Crippen molar-refractivity contribution < 1.29 is 13.2 Å². The highest BCUT2D eigenvalue weighted by atomic mass is 19.4. The molecule has 0 aliphatic heterocycles. The number of hydrogen-bond acceptors (Lipinski definition) is 2. The number of alkyl halides is 3. The zero-order chi connectivity index (χ0) is 10.9. The van der Waals surface area contributed by atoms with Crippen LogP contribution >= 0.6 is 0 Å². The molecule has 3 nitrogen and oxygen atoms in total. The van der Waals surface area contributed by atoms with E-state index >= 15 is 0 Å². The van der Waals surface area contributed by atoms with Gasteiger partial charge in [-0.3, -0.25) is 4.68 Å². The number of aromatic nitrogens is 2. The molecule has 1 unspecified atom stereocenters. The van der Waals surface area contributed by atoms with Crippen LogP contribution in [0, 0.1) is 0 Å². The molecule has 0 saturated heterocycles. The molecule has 80 valence electrons. The summed E-state index contributed by atoms with van der Waals surface area (Å²) in [5, 5.41) is 3.39. The summed E-state index contributed by atoms with van der Waals surface area (Å²) in [6.45, 7) is 1.82. The maximum atomic E-state index is 12.4. The van der Waals surface area contributed by atoms with Crippen molar-refractivity contribution in [2.75, 3.05) is 6.54 Å². The lowest BCUT2D eigenvalue weighted by molar-refractivity contribution is -0.142. The number of nitrogens with two attached hydrogens (primary N) is 1. The molecule has 2 N–H and O–H groups in total. The van der Waals surface area contributed by atoms with E-state index in [1.54, 1.807) is 6.92 Å². The van der Waals surface area contributed by atoms with Crippen molar-refractivity contribution in [3.8, 4) is 0 Å². The molecule has 1 aromatic heterocycles. The molecule has 1 aromatic rings. The third-order valence-electron chi connectivity index (χ3n) is 2.01. The Morgan fingerprint density at radius 2 is 2.14 bits per heavy atom. The van der Waals surface area contributed by atoms with Gasteiger partial charge in [-0.25, -0.2) is 0 Å². The molecule has 0 fully saturated rings. The first-order valence-electron chi connectivity index (χ1n) is 4.17. The van der Waals surface area contributed by atoms with Crippen molar-refractivity contribution >= 4 is 0 Å². The van der Waals surface area contributed by atoms with Gasteiger partial charge < -0.3 is 5.73 Å². The fraction of sp³-hybridized carbons (Fsp3) is 0.625. The summed E-state index contributed by atoms with van der Waals surface area (Å²) in [5.74, 6) is -0.333. The van der Waals surface area contributed by atoms with Gasteiger partial charge in [-0.2, -0.15) is 18.3 Å². The third kappa shape index (κ3) is 2.06. The molecule has 0 aromatic carbocycles. The van der Waals surface area contributed by atoms with E-state index in [1.165, 1.54) is 13.2 Å². The minimum absolute atomic E-state index is 0.155. The van der Waals surface area contributed by atoms with Gasteiger partial charge in [0.15, 0.2) is 5.69 Å². The van der Waals surface area contributed by atoms with Crippen LogP contribution in [-0.2, 0) is 13.2 Å². The van der Waals surface area contributed by atoms with Gasteiger partial charge in [-0.05, 0) is 12.5 Å². The van der Waals surface area contributed by atoms with Gasteiger partial charge in [0.2, 0.25) is 0 Å². The first-order valence-corrected chi connectivity index (χ1v) is 4.17. The van der Waals surface area contributed by atoms with Crippen LogP contribution in [0.5, 0.6) is 0 Å². The first-order chi connectivity index (χ1) is 6.36. The monoisotopic (exact) mass is 207 g/mol. The Kier molecular flexibility index (Phi) is 2.84. The lowest BCUT2D eigenvalue weighted by atomic mass is 10.0. The zero-order valence-corrected chi connectivity index (χ0v) is 7.97. The molecule has 1 heterocycles. The second-order valence-electron chi connectivity index (χ2n) is 3.24. The van der Waals surface area contributed by atoms with Gasteiger partial charge >= 0.3 is 6.18 Å². The van der Waals surface area contributed by atoms with Crippen molar-refractivity contribution in [1.29, 1.82) is 0 Å². The van der Waals surface area contributed by atoms with Crippen LogP contribution in [0.25, 0.3) is 0 Å². The molecule has 1 rings (SSSR count). The quantitative estimate of drug-likeness (QED) is 0.798. The van der Waals surface area contributed by atoms with E-state index in [0.29, 0.717) is 0 Å². The predicted octanol–water partition coefficient (Wildman–Crippen LogP) is 1.50. The minimum atomic E-state index is -4.40. The Labute approximate surface area is 79.7 Å². The van der Waals surface area contributed by atoms with Gasteiger partial charge in [0.1, 0.15) is 0 Å². The van der Waals surface area contributed by atoms with Crippen molar-refractivity contribution in [1.82, 2.24) is 9.78 Å². The highest BCUT2D eigenvalue weighted by Gasteiger charge is 2.37. The van der Waals surface area contributed by atoms with Gasteiger partial charge in [-0.1, -0.05) is 6.92 Å². The SMILES string of the molecule is CC(CN)c1cn(C)nc1C(F)(F)F. The van der Waals surface area contributed by atoms with Crippen LogP contribution in [0.1, 0.15) is 24.1 Å². The van der Waals surface area contributed by atoms with E-state index in [1.807, 2.05) is 0 Å². The summed E-state index contributed by atoms with van der Waals surface area (Å²) in [7, 11) is 1.46. The Morgan fingerprint density at radius 1 is 1.57 bits per heavy atom. The van der Waals surface area contributed by atoms with E-state index in [2.05, 4.69) is 5.10 Å². The zero-order valence-electron chi connectivity index (χ0n) is 7.97. The van der Waals surface area contributed by atoms with Crippen LogP contribution in [-0.4, -0.2) is 16.3 Å². The summed E-state index contributed by atoms with van der Waals surface area (Å²) in [5.41, 5.74) is 4.64. The lowest BCUT2D eigenvalue weighted by Gasteiger charge is -2.10. The van der Waals surface area contributed by atoms with Gasteiger partial charge in [-0.15, -0.1) is 0 Å². The summed E-state index contributed by atoms with van der Waals surface area (Å²) >= 11 is 0. The lowest BCUT2D eigenvalue weighted by Crippen LogP contribution is -2.15. The van der Waals surface area contributed by atoms with Crippen LogP contribution in [0.3, 0.4) is 0 Å². The fourth-order valence-electron chi connectivity index (χ4n) is 1.21. The molecule has 0 spiro atoms. The molecule has 0 aliphatic carbocycles. The normalized spacial score (nSPS) is 14.4. The van der Waals surface area contributed by atoms with E-state index in [4.69, 9.17) is 5.73 Å². The highest BCUT2D eigenvalue weighted by molar-refractivity contribution is 5.24.